The van der Waals surface area contributed by atoms with Crippen LogP contribution in [0, 0.1) is 0 Å². The van der Waals surface area contributed by atoms with E-state index >= 15 is 0 Å². The van der Waals surface area contributed by atoms with E-state index in [1.165, 1.54) is 0 Å². The molecular formula is C14H12Cl2N2O. The molecule has 0 aliphatic heterocycles. The molecule has 3 nitrogen and oxygen atoms in total. The van der Waals surface area contributed by atoms with Crippen LogP contribution in [0.1, 0.15) is 28.9 Å². The first-order valence-corrected chi connectivity index (χ1v) is 6.50. The van der Waals surface area contributed by atoms with Crippen molar-refractivity contribution in [3.8, 4) is 0 Å². The molecule has 2 aromatic rings. The number of aromatic nitrogens is 1. The molecule has 0 aliphatic rings. The van der Waals surface area contributed by atoms with Crippen LogP contribution in [0.15, 0.2) is 42.6 Å². The number of carbonyl (C=O) groups excluding carboxylic acids is 1. The van der Waals surface area contributed by atoms with Gasteiger partial charge < -0.3 is 5.32 Å². The largest absolute Gasteiger partial charge is 0.345 e. The maximum Gasteiger partial charge on any atom is 0.254 e. The summed E-state index contributed by atoms with van der Waals surface area (Å²) in [6, 6.07) is 10.5. The van der Waals surface area contributed by atoms with Crippen molar-refractivity contribution < 1.29 is 4.79 Å². The van der Waals surface area contributed by atoms with Gasteiger partial charge in [0.05, 0.1) is 11.6 Å². The van der Waals surface area contributed by atoms with Gasteiger partial charge in [0.1, 0.15) is 5.15 Å². The van der Waals surface area contributed by atoms with Gasteiger partial charge >= 0.3 is 0 Å². The number of rotatable bonds is 3. The minimum absolute atomic E-state index is 0.138. The molecule has 98 valence electrons. The van der Waals surface area contributed by atoms with Gasteiger partial charge in [-0.1, -0.05) is 35.3 Å². The number of hydrogen-bond acceptors (Lipinski definition) is 2. The molecule has 0 saturated heterocycles. The Bertz CT molecular complexity index is 584. The summed E-state index contributed by atoms with van der Waals surface area (Å²) in [5.41, 5.74) is 1.34. The van der Waals surface area contributed by atoms with Crippen LogP contribution in [0.5, 0.6) is 0 Å². The van der Waals surface area contributed by atoms with Gasteiger partial charge in [-0.2, -0.15) is 0 Å². The molecule has 0 saturated carbocycles. The quantitative estimate of drug-likeness (QED) is 0.873. The molecular weight excluding hydrogens is 283 g/mol. The predicted octanol–water partition coefficient (Wildman–Crippen LogP) is 3.88. The third-order valence-corrected chi connectivity index (χ3v) is 3.27. The third-order valence-electron chi connectivity index (χ3n) is 2.72. The zero-order chi connectivity index (χ0) is 13.8. The monoisotopic (exact) mass is 294 g/mol. The SMILES string of the molecule is C[C@H](NC(=O)c1cccnc1Cl)c1ccc(Cl)cc1. The van der Waals surface area contributed by atoms with Crippen molar-refractivity contribution in [1.82, 2.24) is 10.3 Å². The molecule has 1 N–H and O–H groups in total. The van der Waals surface area contributed by atoms with E-state index in [0.29, 0.717) is 10.6 Å². The minimum Gasteiger partial charge on any atom is -0.345 e. The van der Waals surface area contributed by atoms with Crippen LogP contribution in [-0.4, -0.2) is 10.9 Å². The molecule has 5 heteroatoms. The fourth-order valence-electron chi connectivity index (χ4n) is 1.66. The summed E-state index contributed by atoms with van der Waals surface area (Å²) in [5, 5.41) is 3.73. The van der Waals surface area contributed by atoms with E-state index in [9.17, 15) is 4.79 Å². The molecule has 0 unspecified atom stereocenters. The lowest BCUT2D eigenvalue weighted by molar-refractivity contribution is 0.0939. The highest BCUT2D eigenvalue weighted by Crippen LogP contribution is 2.18. The molecule has 1 atom stereocenters. The first kappa shape index (κ1) is 13.8. The van der Waals surface area contributed by atoms with Gasteiger partial charge in [-0.25, -0.2) is 4.98 Å². The van der Waals surface area contributed by atoms with Crippen molar-refractivity contribution in [2.45, 2.75) is 13.0 Å². The van der Waals surface area contributed by atoms with Gasteiger partial charge in [0.15, 0.2) is 0 Å². The number of hydrogen-bond donors (Lipinski definition) is 1. The topological polar surface area (TPSA) is 42.0 Å². The van der Waals surface area contributed by atoms with Gasteiger partial charge in [-0.05, 0) is 36.8 Å². The molecule has 1 aromatic carbocycles. The lowest BCUT2D eigenvalue weighted by Crippen LogP contribution is -2.27. The lowest BCUT2D eigenvalue weighted by atomic mass is 10.1. The fraction of sp³-hybridized carbons (Fsp3) is 0.143. The number of benzene rings is 1. The molecule has 1 aromatic heterocycles. The van der Waals surface area contributed by atoms with Crippen molar-refractivity contribution in [3.05, 3.63) is 63.9 Å². The van der Waals surface area contributed by atoms with E-state index in [1.54, 1.807) is 30.5 Å². The summed E-state index contributed by atoms with van der Waals surface area (Å²) in [6.07, 6.45) is 1.54. The lowest BCUT2D eigenvalue weighted by Gasteiger charge is -2.14. The first-order valence-electron chi connectivity index (χ1n) is 5.75. The van der Waals surface area contributed by atoms with Crippen molar-refractivity contribution in [2.75, 3.05) is 0 Å². The van der Waals surface area contributed by atoms with E-state index in [4.69, 9.17) is 23.2 Å². The molecule has 2 rings (SSSR count). The summed E-state index contributed by atoms with van der Waals surface area (Å²) in [6.45, 7) is 1.89. The highest BCUT2D eigenvalue weighted by atomic mass is 35.5. The second kappa shape index (κ2) is 6.04. The van der Waals surface area contributed by atoms with Crippen molar-refractivity contribution in [3.63, 3.8) is 0 Å². The van der Waals surface area contributed by atoms with Gasteiger partial charge in [0.2, 0.25) is 0 Å². The summed E-state index contributed by atoms with van der Waals surface area (Å²) >= 11 is 11.7. The van der Waals surface area contributed by atoms with Gasteiger partial charge in [-0.3, -0.25) is 4.79 Å². The standard InChI is InChI=1S/C14H12Cl2N2O/c1-9(10-4-6-11(15)7-5-10)18-14(19)12-3-2-8-17-13(12)16/h2-9H,1H3,(H,18,19)/t9-/m0/s1. The van der Waals surface area contributed by atoms with Crippen LogP contribution in [0.4, 0.5) is 0 Å². The second-order valence-corrected chi connectivity index (χ2v) is 4.88. The van der Waals surface area contributed by atoms with Crippen molar-refractivity contribution in [1.29, 1.82) is 0 Å². The Hall–Kier alpha value is -1.58. The number of halogens is 2. The van der Waals surface area contributed by atoms with Crippen molar-refractivity contribution >= 4 is 29.1 Å². The van der Waals surface area contributed by atoms with Crippen molar-refractivity contribution in [2.24, 2.45) is 0 Å². The Labute approximate surface area is 121 Å². The van der Waals surface area contributed by atoms with Crippen LogP contribution >= 0.6 is 23.2 Å². The Kier molecular flexibility index (Phi) is 4.40. The number of nitrogens with one attached hydrogen (secondary N) is 1. The smallest absolute Gasteiger partial charge is 0.254 e. The molecule has 0 radical (unpaired) electrons. The van der Waals surface area contributed by atoms with E-state index in [-0.39, 0.29) is 17.1 Å². The molecule has 0 fully saturated rings. The Morgan fingerprint density at radius 1 is 1.21 bits per heavy atom. The summed E-state index contributed by atoms with van der Waals surface area (Å²) in [7, 11) is 0. The summed E-state index contributed by atoms with van der Waals surface area (Å²) in [5.74, 6) is -0.249. The number of amides is 1. The van der Waals surface area contributed by atoms with Gasteiger partial charge in [-0.15, -0.1) is 0 Å². The minimum atomic E-state index is -0.249. The average Bonchev–Trinajstić information content (AvgIpc) is 2.39. The highest BCUT2D eigenvalue weighted by Gasteiger charge is 2.14. The third kappa shape index (κ3) is 3.46. The number of carbonyl (C=O) groups is 1. The van der Waals surface area contributed by atoms with Crippen LogP contribution < -0.4 is 5.32 Å². The molecule has 0 aliphatic carbocycles. The highest BCUT2D eigenvalue weighted by molar-refractivity contribution is 6.32. The van der Waals surface area contributed by atoms with Crippen LogP contribution in [0.25, 0.3) is 0 Å². The van der Waals surface area contributed by atoms with E-state index in [1.807, 2.05) is 19.1 Å². The van der Waals surface area contributed by atoms with Crippen LogP contribution in [0.2, 0.25) is 10.2 Å². The zero-order valence-electron chi connectivity index (χ0n) is 10.2. The Balaban J connectivity index is 2.11. The maximum absolute atomic E-state index is 12.1. The molecule has 1 heterocycles. The van der Waals surface area contributed by atoms with E-state index in [2.05, 4.69) is 10.3 Å². The molecule has 0 bridgehead atoms. The molecule has 0 spiro atoms. The van der Waals surface area contributed by atoms with Crippen LogP contribution in [0.3, 0.4) is 0 Å². The van der Waals surface area contributed by atoms with Gasteiger partial charge in [0.25, 0.3) is 5.91 Å². The fourth-order valence-corrected chi connectivity index (χ4v) is 2.00. The first-order chi connectivity index (χ1) is 9.08. The van der Waals surface area contributed by atoms with Crippen LogP contribution in [-0.2, 0) is 0 Å². The van der Waals surface area contributed by atoms with Gasteiger partial charge in [0, 0.05) is 11.2 Å². The number of nitrogens with zero attached hydrogens (tertiary/aromatic N) is 1. The number of pyridine rings is 1. The second-order valence-electron chi connectivity index (χ2n) is 4.09. The normalized spacial score (nSPS) is 11.9. The zero-order valence-corrected chi connectivity index (χ0v) is 11.7. The Morgan fingerprint density at radius 3 is 2.53 bits per heavy atom. The summed E-state index contributed by atoms with van der Waals surface area (Å²) < 4.78 is 0. The Morgan fingerprint density at radius 2 is 1.89 bits per heavy atom. The van der Waals surface area contributed by atoms with E-state index < -0.39 is 0 Å². The van der Waals surface area contributed by atoms with E-state index in [0.717, 1.165) is 5.56 Å². The maximum atomic E-state index is 12.1. The average molecular weight is 295 g/mol. The summed E-state index contributed by atoms with van der Waals surface area (Å²) in [4.78, 5) is 15.9. The molecule has 19 heavy (non-hydrogen) atoms. The predicted molar refractivity (Wildman–Crippen MR) is 76.6 cm³/mol. The molecule has 1 amide bonds.